The molecule has 6 heteroatoms. The van der Waals surface area contributed by atoms with Gasteiger partial charge in [0.1, 0.15) is 5.75 Å². The van der Waals surface area contributed by atoms with E-state index in [0.717, 1.165) is 0 Å². The molecule has 90 valence electrons. The van der Waals surface area contributed by atoms with Crippen LogP contribution in [0.5, 0.6) is 0 Å². The summed E-state index contributed by atoms with van der Waals surface area (Å²) in [4.78, 5) is 11.4. The average molecular weight is 236 g/mol. The van der Waals surface area contributed by atoms with Crippen LogP contribution in [0.3, 0.4) is 0 Å². The molecule has 0 spiro atoms. The topological polar surface area (TPSA) is 81.4 Å². The highest BCUT2D eigenvalue weighted by atomic mass is 32.2. The van der Waals surface area contributed by atoms with E-state index in [0.29, 0.717) is 13.2 Å². The highest BCUT2D eigenvalue weighted by molar-refractivity contribution is 7.86. The van der Waals surface area contributed by atoms with Crippen LogP contribution in [-0.4, -0.2) is 47.4 Å². The summed E-state index contributed by atoms with van der Waals surface area (Å²) in [6.45, 7) is 4.37. The van der Waals surface area contributed by atoms with Crippen molar-refractivity contribution < 1.29 is 13.7 Å². The minimum Gasteiger partial charge on any atom is -0.383 e. The summed E-state index contributed by atoms with van der Waals surface area (Å²) >= 11 is 0. The summed E-state index contributed by atoms with van der Waals surface area (Å²) in [6, 6.07) is -0.0623. The Kier molecular flexibility index (Phi) is 7.54. The fourth-order valence-electron chi connectivity index (χ4n) is 0.987. The van der Waals surface area contributed by atoms with Gasteiger partial charge in [-0.3, -0.25) is 9.00 Å². The number of hydrogen-bond donors (Lipinski definition) is 2. The van der Waals surface area contributed by atoms with E-state index in [2.05, 4.69) is 5.32 Å². The van der Waals surface area contributed by atoms with Crippen molar-refractivity contribution in [3.8, 4) is 0 Å². The third kappa shape index (κ3) is 6.59. The van der Waals surface area contributed by atoms with Crippen LogP contribution < -0.4 is 11.1 Å². The summed E-state index contributed by atoms with van der Waals surface area (Å²) < 4.78 is 16.3. The lowest BCUT2D eigenvalue weighted by atomic mass is 10.3. The van der Waals surface area contributed by atoms with Gasteiger partial charge in [-0.25, -0.2) is 0 Å². The molecule has 0 rings (SSSR count). The highest BCUT2D eigenvalue weighted by Gasteiger charge is 2.15. The van der Waals surface area contributed by atoms with Gasteiger partial charge in [0.25, 0.3) is 0 Å². The van der Waals surface area contributed by atoms with E-state index >= 15 is 0 Å². The molecule has 0 saturated heterocycles. The second-order valence-electron chi connectivity index (χ2n) is 3.50. The van der Waals surface area contributed by atoms with E-state index in [9.17, 15) is 9.00 Å². The smallest absolute Gasteiger partial charge is 0.232 e. The molecule has 0 fully saturated rings. The SMILES string of the molecule is COCC(C)NC(=O)CS(=O)C(C)CN. The highest BCUT2D eigenvalue weighted by Crippen LogP contribution is 1.94. The molecule has 0 bridgehead atoms. The zero-order chi connectivity index (χ0) is 11.8. The summed E-state index contributed by atoms with van der Waals surface area (Å²) in [6.07, 6.45) is 0. The van der Waals surface area contributed by atoms with Gasteiger partial charge >= 0.3 is 0 Å². The maximum Gasteiger partial charge on any atom is 0.232 e. The van der Waals surface area contributed by atoms with Gasteiger partial charge in [0.05, 0.1) is 6.61 Å². The fourth-order valence-corrected chi connectivity index (χ4v) is 1.83. The molecule has 0 aliphatic rings. The van der Waals surface area contributed by atoms with Crippen molar-refractivity contribution in [1.29, 1.82) is 0 Å². The molecule has 1 amide bonds. The Balaban J connectivity index is 3.88. The Labute approximate surface area is 93.2 Å². The van der Waals surface area contributed by atoms with Crippen molar-refractivity contribution >= 4 is 16.7 Å². The van der Waals surface area contributed by atoms with E-state index in [4.69, 9.17) is 10.5 Å². The first-order valence-corrected chi connectivity index (χ1v) is 6.25. The molecule has 0 aromatic rings. The predicted octanol–water partition coefficient (Wildman–Crippen LogP) is -0.767. The molecular weight excluding hydrogens is 216 g/mol. The number of ether oxygens (including phenoxy) is 1. The Hall–Kier alpha value is -0.460. The predicted molar refractivity (Wildman–Crippen MR) is 61.0 cm³/mol. The molecule has 3 unspecified atom stereocenters. The molecule has 0 saturated carbocycles. The monoisotopic (exact) mass is 236 g/mol. The number of amides is 1. The van der Waals surface area contributed by atoms with Gasteiger partial charge in [-0.15, -0.1) is 0 Å². The summed E-state index contributed by atoms with van der Waals surface area (Å²) in [5, 5.41) is 2.55. The summed E-state index contributed by atoms with van der Waals surface area (Å²) in [7, 11) is 0.374. The van der Waals surface area contributed by atoms with E-state index in [1.165, 1.54) is 0 Å². The second-order valence-corrected chi connectivity index (χ2v) is 5.35. The second kappa shape index (κ2) is 7.78. The third-order valence-corrected chi connectivity index (χ3v) is 3.51. The number of nitrogens with one attached hydrogen (secondary N) is 1. The van der Waals surface area contributed by atoms with Crippen LogP contribution in [0.15, 0.2) is 0 Å². The molecule has 15 heavy (non-hydrogen) atoms. The Bertz CT molecular complexity index is 223. The van der Waals surface area contributed by atoms with Gasteiger partial charge in [-0.2, -0.15) is 0 Å². The maximum atomic E-state index is 11.5. The van der Waals surface area contributed by atoms with Crippen molar-refractivity contribution in [2.24, 2.45) is 5.73 Å². The summed E-state index contributed by atoms with van der Waals surface area (Å²) in [5.74, 6) is -0.218. The van der Waals surface area contributed by atoms with Gasteiger partial charge in [-0.05, 0) is 13.8 Å². The normalized spacial score (nSPS) is 16.8. The Morgan fingerprint density at radius 3 is 2.60 bits per heavy atom. The standard InChI is InChI=1S/C9H20N2O3S/c1-7(5-14-3)11-9(12)6-15(13)8(2)4-10/h7-8H,4-6,10H2,1-3H3,(H,11,12). The van der Waals surface area contributed by atoms with Gasteiger partial charge in [0, 0.05) is 35.7 Å². The Morgan fingerprint density at radius 1 is 1.53 bits per heavy atom. The Morgan fingerprint density at radius 2 is 2.13 bits per heavy atom. The lowest BCUT2D eigenvalue weighted by Gasteiger charge is -2.13. The molecule has 5 nitrogen and oxygen atoms in total. The van der Waals surface area contributed by atoms with Crippen molar-refractivity contribution in [3.05, 3.63) is 0 Å². The number of hydrogen-bond acceptors (Lipinski definition) is 4. The van der Waals surface area contributed by atoms with Crippen molar-refractivity contribution in [2.45, 2.75) is 25.1 Å². The zero-order valence-electron chi connectivity index (χ0n) is 9.49. The van der Waals surface area contributed by atoms with E-state index in [1.807, 2.05) is 6.92 Å². The van der Waals surface area contributed by atoms with Gasteiger partial charge in [0.2, 0.25) is 5.91 Å². The van der Waals surface area contributed by atoms with Crippen LogP contribution in [-0.2, 0) is 20.3 Å². The number of rotatable bonds is 7. The largest absolute Gasteiger partial charge is 0.383 e. The van der Waals surface area contributed by atoms with Gasteiger partial charge in [0.15, 0.2) is 0 Å². The van der Waals surface area contributed by atoms with Crippen molar-refractivity contribution in [2.75, 3.05) is 26.0 Å². The number of nitrogens with two attached hydrogens (primary N) is 1. The zero-order valence-corrected chi connectivity index (χ0v) is 10.3. The van der Waals surface area contributed by atoms with Crippen LogP contribution >= 0.6 is 0 Å². The fraction of sp³-hybridized carbons (Fsp3) is 0.889. The van der Waals surface area contributed by atoms with E-state index < -0.39 is 10.8 Å². The molecule has 0 aromatic heterocycles. The van der Waals surface area contributed by atoms with Crippen LogP contribution in [0, 0.1) is 0 Å². The van der Waals surface area contributed by atoms with Crippen LogP contribution in [0.4, 0.5) is 0 Å². The van der Waals surface area contributed by atoms with Crippen LogP contribution in [0.25, 0.3) is 0 Å². The van der Waals surface area contributed by atoms with Crippen molar-refractivity contribution in [3.63, 3.8) is 0 Å². The number of carbonyl (C=O) groups excluding carboxylic acids is 1. The van der Waals surface area contributed by atoms with Crippen LogP contribution in [0.2, 0.25) is 0 Å². The minimum atomic E-state index is -1.19. The number of carbonyl (C=O) groups is 1. The van der Waals surface area contributed by atoms with Crippen LogP contribution in [0.1, 0.15) is 13.8 Å². The first kappa shape index (κ1) is 14.5. The van der Waals surface area contributed by atoms with Gasteiger partial charge in [-0.1, -0.05) is 0 Å². The number of methoxy groups -OCH3 is 1. The molecule has 3 atom stereocenters. The lowest BCUT2D eigenvalue weighted by molar-refractivity contribution is -0.119. The third-order valence-electron chi connectivity index (χ3n) is 1.88. The minimum absolute atomic E-state index is 0.00637. The lowest BCUT2D eigenvalue weighted by Crippen LogP contribution is -2.39. The molecule has 3 N–H and O–H groups in total. The van der Waals surface area contributed by atoms with E-state index in [1.54, 1.807) is 14.0 Å². The quantitative estimate of drug-likeness (QED) is 0.608. The molecular formula is C9H20N2O3S. The summed E-state index contributed by atoms with van der Waals surface area (Å²) in [5.41, 5.74) is 5.35. The average Bonchev–Trinajstić information content (AvgIpc) is 2.16. The molecule has 0 aromatic carbocycles. The van der Waals surface area contributed by atoms with E-state index in [-0.39, 0.29) is 23.0 Å². The molecule has 0 aliphatic carbocycles. The maximum absolute atomic E-state index is 11.5. The molecule has 0 radical (unpaired) electrons. The van der Waals surface area contributed by atoms with Gasteiger partial charge < -0.3 is 15.8 Å². The molecule has 0 aliphatic heterocycles. The first-order valence-electron chi connectivity index (χ1n) is 4.86. The first-order chi connectivity index (χ1) is 7.01. The molecule has 0 heterocycles. The van der Waals surface area contributed by atoms with Crippen molar-refractivity contribution in [1.82, 2.24) is 5.32 Å².